The summed E-state index contributed by atoms with van der Waals surface area (Å²) in [5.74, 6) is 0. The van der Waals surface area contributed by atoms with Gasteiger partial charge in [-0.2, -0.15) is 0 Å². The van der Waals surface area contributed by atoms with Gasteiger partial charge in [-0.05, 0) is 28.4 Å². The third-order valence-electron chi connectivity index (χ3n) is 3.23. The summed E-state index contributed by atoms with van der Waals surface area (Å²) < 4.78 is 0. The average molecular weight is 196 g/mol. The van der Waals surface area contributed by atoms with E-state index in [4.69, 9.17) is 0 Å². The molecule has 1 aliphatic rings. The van der Waals surface area contributed by atoms with Crippen LogP contribution in [0.5, 0.6) is 0 Å². The van der Waals surface area contributed by atoms with Crippen molar-refractivity contribution in [2.24, 2.45) is 10.8 Å². The van der Waals surface area contributed by atoms with Crippen LogP contribution in [0.15, 0.2) is 11.1 Å². The largest absolute Gasteiger partial charge is 0.380 e. The van der Waals surface area contributed by atoms with Crippen LogP contribution in [-0.2, 0) is 0 Å². The van der Waals surface area contributed by atoms with E-state index in [1.54, 1.807) is 0 Å². The predicted molar refractivity (Wildman–Crippen MR) is 61.2 cm³/mol. The summed E-state index contributed by atoms with van der Waals surface area (Å²) in [7, 11) is 0. The maximum atomic E-state index is 10.6. The highest BCUT2D eigenvalue weighted by molar-refractivity contribution is 5.57. The van der Waals surface area contributed by atoms with Gasteiger partial charge in [-0.15, -0.1) is 0 Å². The van der Waals surface area contributed by atoms with Crippen LogP contribution in [0.2, 0.25) is 0 Å². The van der Waals surface area contributed by atoms with Crippen LogP contribution in [-0.4, -0.2) is 10.7 Å². The first kappa shape index (κ1) is 11.8. The molecule has 1 N–H and O–H groups in total. The Morgan fingerprint density at radius 2 is 1.50 bits per heavy atom. The lowest BCUT2D eigenvalue weighted by molar-refractivity contribution is 0.0389. The highest BCUT2D eigenvalue weighted by Gasteiger charge is 2.61. The Kier molecular flexibility index (Phi) is 2.40. The first-order valence-electron chi connectivity index (χ1n) is 5.53. The zero-order valence-electron chi connectivity index (χ0n) is 10.7. The second-order valence-corrected chi connectivity index (χ2v) is 6.42. The molecule has 0 fully saturated rings. The minimum atomic E-state index is -0.611. The second kappa shape index (κ2) is 2.85. The third kappa shape index (κ3) is 1.42. The fourth-order valence-electron chi connectivity index (χ4n) is 2.58. The minimum Gasteiger partial charge on any atom is -0.380 e. The molecule has 0 aromatic heterocycles. The molecule has 1 unspecified atom stereocenters. The van der Waals surface area contributed by atoms with Crippen LogP contribution in [0.25, 0.3) is 0 Å². The minimum absolute atomic E-state index is 0.0685. The van der Waals surface area contributed by atoms with Crippen molar-refractivity contribution < 1.29 is 5.11 Å². The molecule has 0 saturated carbocycles. The SMILES string of the molecule is CCC1=C(C(C)(C)C)C1(O)C(C)(C)C. The van der Waals surface area contributed by atoms with Crippen LogP contribution >= 0.6 is 0 Å². The molecule has 82 valence electrons. The van der Waals surface area contributed by atoms with Gasteiger partial charge in [-0.3, -0.25) is 0 Å². The fourth-order valence-corrected chi connectivity index (χ4v) is 2.58. The lowest BCUT2D eigenvalue weighted by Crippen LogP contribution is -2.35. The third-order valence-corrected chi connectivity index (χ3v) is 3.23. The van der Waals surface area contributed by atoms with Crippen molar-refractivity contribution in [1.82, 2.24) is 0 Å². The van der Waals surface area contributed by atoms with Crippen molar-refractivity contribution >= 4 is 0 Å². The van der Waals surface area contributed by atoms with Gasteiger partial charge in [0.2, 0.25) is 0 Å². The highest BCUT2D eigenvalue weighted by atomic mass is 16.3. The van der Waals surface area contributed by atoms with Crippen LogP contribution < -0.4 is 0 Å². The second-order valence-electron chi connectivity index (χ2n) is 6.42. The van der Waals surface area contributed by atoms with Crippen molar-refractivity contribution in [3.8, 4) is 0 Å². The Hall–Kier alpha value is -0.300. The molecular weight excluding hydrogens is 172 g/mol. The van der Waals surface area contributed by atoms with Crippen LogP contribution in [0.4, 0.5) is 0 Å². The number of hydrogen-bond donors (Lipinski definition) is 1. The van der Waals surface area contributed by atoms with Gasteiger partial charge in [0, 0.05) is 0 Å². The summed E-state index contributed by atoms with van der Waals surface area (Å²) in [5.41, 5.74) is 1.95. The van der Waals surface area contributed by atoms with Gasteiger partial charge < -0.3 is 5.11 Å². The van der Waals surface area contributed by atoms with Crippen molar-refractivity contribution in [1.29, 1.82) is 0 Å². The van der Waals surface area contributed by atoms with Gasteiger partial charge in [0.15, 0.2) is 0 Å². The Morgan fingerprint density at radius 1 is 1.07 bits per heavy atom. The number of aliphatic hydroxyl groups is 1. The average Bonchev–Trinajstić information content (AvgIpc) is 2.54. The molecule has 0 aromatic carbocycles. The standard InChI is InChI=1S/C13H24O/c1-8-9-10(11(2,3)4)13(9,14)12(5,6)7/h14H,8H2,1-7H3. The zero-order chi connectivity index (χ0) is 11.4. The molecule has 0 aliphatic heterocycles. The quantitative estimate of drug-likeness (QED) is 0.636. The highest BCUT2D eigenvalue weighted by Crippen LogP contribution is 2.62. The van der Waals surface area contributed by atoms with E-state index >= 15 is 0 Å². The Labute approximate surface area is 88.2 Å². The zero-order valence-corrected chi connectivity index (χ0v) is 10.7. The summed E-state index contributed by atoms with van der Waals surface area (Å²) in [6.07, 6.45) is 0.973. The molecule has 14 heavy (non-hydrogen) atoms. The molecule has 1 nitrogen and oxygen atoms in total. The molecule has 0 spiro atoms. The van der Waals surface area contributed by atoms with E-state index in [1.165, 1.54) is 11.1 Å². The smallest absolute Gasteiger partial charge is 0.113 e. The lowest BCUT2D eigenvalue weighted by Gasteiger charge is -2.32. The first-order valence-corrected chi connectivity index (χ1v) is 5.53. The first-order chi connectivity index (χ1) is 6.06. The van der Waals surface area contributed by atoms with Gasteiger partial charge in [0.05, 0.1) is 0 Å². The van der Waals surface area contributed by atoms with Gasteiger partial charge in [-0.25, -0.2) is 0 Å². The summed E-state index contributed by atoms with van der Waals surface area (Å²) >= 11 is 0. The molecule has 0 aromatic rings. The molecule has 1 rings (SSSR count). The topological polar surface area (TPSA) is 20.2 Å². The van der Waals surface area contributed by atoms with Gasteiger partial charge in [0.25, 0.3) is 0 Å². The Balaban J connectivity index is 3.04. The molecule has 0 heterocycles. The molecule has 1 atom stereocenters. The molecule has 0 radical (unpaired) electrons. The summed E-state index contributed by atoms with van der Waals surface area (Å²) in [4.78, 5) is 0. The van der Waals surface area contributed by atoms with Gasteiger partial charge in [-0.1, -0.05) is 48.5 Å². The normalized spacial score (nSPS) is 28.3. The van der Waals surface area contributed by atoms with Gasteiger partial charge in [0.1, 0.15) is 5.60 Å². The van der Waals surface area contributed by atoms with E-state index in [0.717, 1.165) is 6.42 Å². The molecule has 0 saturated heterocycles. The number of hydrogen-bond acceptors (Lipinski definition) is 1. The molecule has 1 heteroatoms. The predicted octanol–water partition coefficient (Wildman–Crippen LogP) is 3.53. The Bertz CT molecular complexity index is 273. The monoisotopic (exact) mass is 196 g/mol. The van der Waals surface area contributed by atoms with Gasteiger partial charge >= 0.3 is 0 Å². The fraction of sp³-hybridized carbons (Fsp3) is 0.846. The molecular formula is C13H24O. The van der Waals surface area contributed by atoms with E-state index < -0.39 is 5.60 Å². The van der Waals surface area contributed by atoms with E-state index in [1.807, 2.05) is 0 Å². The molecule has 0 bridgehead atoms. The van der Waals surface area contributed by atoms with Crippen molar-refractivity contribution in [2.45, 2.75) is 60.5 Å². The van der Waals surface area contributed by atoms with E-state index in [0.29, 0.717) is 0 Å². The summed E-state index contributed by atoms with van der Waals surface area (Å²) in [6.45, 7) is 15.0. The van der Waals surface area contributed by atoms with Crippen molar-refractivity contribution in [2.75, 3.05) is 0 Å². The summed E-state index contributed by atoms with van der Waals surface area (Å²) in [6, 6.07) is 0. The Morgan fingerprint density at radius 3 is 1.57 bits per heavy atom. The van der Waals surface area contributed by atoms with Crippen LogP contribution in [0.3, 0.4) is 0 Å². The maximum absolute atomic E-state index is 10.6. The lowest BCUT2D eigenvalue weighted by atomic mass is 9.77. The van der Waals surface area contributed by atoms with E-state index in [9.17, 15) is 5.11 Å². The van der Waals surface area contributed by atoms with Crippen LogP contribution in [0, 0.1) is 10.8 Å². The van der Waals surface area contributed by atoms with Crippen molar-refractivity contribution in [3.63, 3.8) is 0 Å². The molecule has 1 aliphatic carbocycles. The van der Waals surface area contributed by atoms with E-state index in [-0.39, 0.29) is 10.8 Å². The number of rotatable bonds is 1. The summed E-state index contributed by atoms with van der Waals surface area (Å²) in [5, 5.41) is 10.6. The maximum Gasteiger partial charge on any atom is 0.113 e. The van der Waals surface area contributed by atoms with Crippen molar-refractivity contribution in [3.05, 3.63) is 11.1 Å². The van der Waals surface area contributed by atoms with Crippen LogP contribution in [0.1, 0.15) is 54.9 Å². The molecule has 0 amide bonds. The van der Waals surface area contributed by atoms with E-state index in [2.05, 4.69) is 48.5 Å².